The summed E-state index contributed by atoms with van der Waals surface area (Å²) >= 11 is 6.63. The number of halogens is 2. The molecule has 0 bridgehead atoms. The van der Waals surface area contributed by atoms with Crippen LogP contribution >= 0.6 is 31.9 Å². The lowest BCUT2D eigenvalue weighted by atomic mass is 9.93. The zero-order chi connectivity index (χ0) is 15.6. The number of rotatable bonds is 4. The van der Waals surface area contributed by atoms with Gasteiger partial charge in [-0.3, -0.25) is 9.78 Å². The molecule has 1 aliphatic rings. The molecule has 1 atom stereocenters. The Hall–Kier alpha value is -0.310. The van der Waals surface area contributed by atoms with E-state index >= 15 is 0 Å². The molecule has 0 aliphatic carbocycles. The fourth-order valence-electron chi connectivity index (χ4n) is 2.47. The van der Waals surface area contributed by atoms with Gasteiger partial charge in [0.1, 0.15) is 5.69 Å². The number of ketones is 1. The number of pyridine rings is 1. The molecule has 1 aliphatic heterocycles. The Morgan fingerprint density at radius 1 is 1.48 bits per heavy atom. The molecular weight excluding hydrogens is 424 g/mol. The minimum absolute atomic E-state index is 0.0540. The molecule has 0 N–H and O–H groups in total. The Morgan fingerprint density at radius 2 is 2.19 bits per heavy atom. The van der Waals surface area contributed by atoms with E-state index in [9.17, 15) is 13.2 Å². The summed E-state index contributed by atoms with van der Waals surface area (Å²) in [7, 11) is -3.18. The van der Waals surface area contributed by atoms with Crippen molar-refractivity contribution in [2.75, 3.05) is 19.3 Å². The van der Waals surface area contributed by atoms with Crippen LogP contribution in [0.2, 0.25) is 0 Å². The first-order valence-corrected chi connectivity index (χ1v) is 10.00. The van der Waals surface area contributed by atoms with E-state index < -0.39 is 10.0 Å². The lowest BCUT2D eigenvalue weighted by Gasteiger charge is -2.30. The van der Waals surface area contributed by atoms with Gasteiger partial charge in [-0.25, -0.2) is 12.7 Å². The van der Waals surface area contributed by atoms with Crippen LogP contribution in [0.3, 0.4) is 0 Å². The molecule has 5 nitrogen and oxygen atoms in total. The molecular formula is C13H16Br2N2O3S. The van der Waals surface area contributed by atoms with Crippen LogP contribution in [0.15, 0.2) is 21.2 Å². The second-order valence-corrected chi connectivity index (χ2v) is 8.99. The zero-order valence-electron chi connectivity index (χ0n) is 11.6. The van der Waals surface area contributed by atoms with E-state index in [-0.39, 0.29) is 11.7 Å². The van der Waals surface area contributed by atoms with E-state index in [0.29, 0.717) is 29.7 Å². The predicted molar refractivity (Wildman–Crippen MR) is 87.7 cm³/mol. The van der Waals surface area contributed by atoms with Gasteiger partial charge in [0.15, 0.2) is 5.78 Å². The molecule has 1 aromatic heterocycles. The summed E-state index contributed by atoms with van der Waals surface area (Å²) in [5.41, 5.74) is 0.398. The van der Waals surface area contributed by atoms with Crippen molar-refractivity contribution in [1.29, 1.82) is 0 Å². The van der Waals surface area contributed by atoms with Gasteiger partial charge in [0.25, 0.3) is 0 Å². The molecule has 1 unspecified atom stereocenters. The Kier molecular flexibility index (Phi) is 5.56. The maximum Gasteiger partial charge on any atom is 0.211 e. The van der Waals surface area contributed by atoms with E-state index in [1.54, 1.807) is 12.3 Å². The summed E-state index contributed by atoms with van der Waals surface area (Å²) in [6.45, 7) is 0.961. The van der Waals surface area contributed by atoms with Crippen LogP contribution in [0.5, 0.6) is 0 Å². The first-order chi connectivity index (χ1) is 9.77. The fraction of sp³-hybridized carbons (Fsp3) is 0.538. The summed E-state index contributed by atoms with van der Waals surface area (Å²) < 4.78 is 26.1. The van der Waals surface area contributed by atoms with E-state index in [0.717, 1.165) is 17.3 Å². The molecule has 2 rings (SSSR count). The molecule has 0 amide bonds. The van der Waals surface area contributed by atoms with Gasteiger partial charge in [0, 0.05) is 34.7 Å². The van der Waals surface area contributed by atoms with Crippen LogP contribution in [0, 0.1) is 5.92 Å². The molecule has 0 radical (unpaired) electrons. The van der Waals surface area contributed by atoms with Crippen molar-refractivity contribution < 1.29 is 13.2 Å². The third kappa shape index (κ3) is 4.58. The number of carbonyl (C=O) groups is 1. The quantitative estimate of drug-likeness (QED) is 0.676. The third-order valence-electron chi connectivity index (χ3n) is 3.50. The Labute approximate surface area is 141 Å². The lowest BCUT2D eigenvalue weighted by molar-refractivity contribution is 0.0936. The standard InChI is InChI=1S/C13H16Br2N2O3S/c1-21(19,20)17-4-2-3-9(8-17)5-12(18)13-11(15)6-10(14)7-16-13/h6-7,9H,2-5,8H2,1H3. The van der Waals surface area contributed by atoms with Gasteiger partial charge in [0.2, 0.25) is 10.0 Å². The number of hydrogen-bond donors (Lipinski definition) is 0. The molecule has 1 saturated heterocycles. The average molecular weight is 440 g/mol. The highest BCUT2D eigenvalue weighted by Gasteiger charge is 2.28. The zero-order valence-corrected chi connectivity index (χ0v) is 15.5. The number of hydrogen-bond acceptors (Lipinski definition) is 4. The van der Waals surface area contributed by atoms with Gasteiger partial charge in [-0.1, -0.05) is 0 Å². The van der Waals surface area contributed by atoms with Gasteiger partial charge < -0.3 is 0 Å². The van der Waals surface area contributed by atoms with Crippen molar-refractivity contribution in [1.82, 2.24) is 9.29 Å². The van der Waals surface area contributed by atoms with Crippen LogP contribution in [0.1, 0.15) is 29.8 Å². The molecule has 0 aromatic carbocycles. The molecule has 116 valence electrons. The van der Waals surface area contributed by atoms with Crippen molar-refractivity contribution in [2.24, 2.45) is 5.92 Å². The van der Waals surface area contributed by atoms with E-state index in [1.807, 2.05) is 0 Å². The SMILES string of the molecule is CS(=O)(=O)N1CCCC(CC(=O)c2ncc(Br)cc2Br)C1. The monoisotopic (exact) mass is 438 g/mol. The van der Waals surface area contributed by atoms with Crippen LogP contribution in [0.4, 0.5) is 0 Å². The number of sulfonamides is 1. The summed E-state index contributed by atoms with van der Waals surface area (Å²) in [6, 6.07) is 1.78. The Bertz CT molecular complexity index is 649. The highest BCUT2D eigenvalue weighted by molar-refractivity contribution is 9.11. The second-order valence-electron chi connectivity index (χ2n) is 5.24. The van der Waals surface area contributed by atoms with Gasteiger partial charge in [-0.2, -0.15) is 0 Å². The molecule has 1 fully saturated rings. The third-order valence-corrected chi connectivity index (χ3v) is 5.80. The van der Waals surface area contributed by atoms with Crippen molar-refractivity contribution in [2.45, 2.75) is 19.3 Å². The maximum atomic E-state index is 12.3. The van der Waals surface area contributed by atoms with Crippen LogP contribution in [-0.2, 0) is 10.0 Å². The predicted octanol–water partition coefficient (Wildman–Crippen LogP) is 2.85. The summed E-state index contributed by atoms with van der Waals surface area (Å²) in [5, 5.41) is 0. The molecule has 2 heterocycles. The largest absolute Gasteiger partial charge is 0.292 e. The average Bonchev–Trinajstić information content (AvgIpc) is 2.37. The highest BCUT2D eigenvalue weighted by atomic mass is 79.9. The minimum atomic E-state index is -3.18. The molecule has 21 heavy (non-hydrogen) atoms. The maximum absolute atomic E-state index is 12.3. The number of aromatic nitrogens is 1. The van der Waals surface area contributed by atoms with E-state index in [1.165, 1.54) is 10.6 Å². The molecule has 0 saturated carbocycles. The number of Topliss-reactive ketones (excluding diaryl/α,β-unsaturated/α-hetero) is 1. The normalized spacial score (nSPS) is 20.4. The first-order valence-electron chi connectivity index (χ1n) is 6.56. The second kappa shape index (κ2) is 6.85. The Balaban J connectivity index is 2.05. The van der Waals surface area contributed by atoms with Crippen LogP contribution < -0.4 is 0 Å². The number of nitrogens with zero attached hydrogens (tertiary/aromatic N) is 2. The minimum Gasteiger partial charge on any atom is -0.292 e. The highest BCUT2D eigenvalue weighted by Crippen LogP contribution is 2.26. The lowest BCUT2D eigenvalue weighted by Crippen LogP contribution is -2.39. The van der Waals surface area contributed by atoms with Crippen LogP contribution in [0.25, 0.3) is 0 Å². The Morgan fingerprint density at radius 3 is 2.81 bits per heavy atom. The van der Waals surface area contributed by atoms with Crippen molar-refractivity contribution in [3.8, 4) is 0 Å². The molecule has 0 spiro atoms. The van der Waals surface area contributed by atoms with Gasteiger partial charge >= 0.3 is 0 Å². The molecule has 8 heteroatoms. The smallest absolute Gasteiger partial charge is 0.211 e. The summed E-state index contributed by atoms with van der Waals surface area (Å²) in [4.78, 5) is 16.5. The topological polar surface area (TPSA) is 67.3 Å². The van der Waals surface area contributed by atoms with E-state index in [2.05, 4.69) is 36.8 Å². The molecule has 1 aromatic rings. The van der Waals surface area contributed by atoms with E-state index in [4.69, 9.17) is 0 Å². The summed E-state index contributed by atoms with van der Waals surface area (Å²) in [6.07, 6.45) is 4.77. The van der Waals surface area contributed by atoms with Gasteiger partial charge in [-0.15, -0.1) is 0 Å². The van der Waals surface area contributed by atoms with Crippen LogP contribution in [-0.4, -0.2) is 42.8 Å². The number of piperidine rings is 1. The van der Waals surface area contributed by atoms with Crippen molar-refractivity contribution in [3.63, 3.8) is 0 Å². The van der Waals surface area contributed by atoms with Gasteiger partial charge in [0.05, 0.1) is 6.26 Å². The fourth-order valence-corrected chi connectivity index (χ4v) is 4.62. The van der Waals surface area contributed by atoms with Crippen molar-refractivity contribution in [3.05, 3.63) is 26.9 Å². The summed E-state index contributed by atoms with van der Waals surface area (Å²) in [5.74, 6) is -0.00644. The van der Waals surface area contributed by atoms with Gasteiger partial charge in [-0.05, 0) is 56.7 Å². The first kappa shape index (κ1) is 17.1. The van der Waals surface area contributed by atoms with Crippen molar-refractivity contribution >= 4 is 47.7 Å². The number of carbonyl (C=O) groups excluding carboxylic acids is 1.